The van der Waals surface area contributed by atoms with Crippen LogP contribution in [-0.4, -0.2) is 21.4 Å². The van der Waals surface area contributed by atoms with Crippen molar-refractivity contribution < 1.29 is 9.72 Å². The maximum absolute atomic E-state index is 13.7. The first-order chi connectivity index (χ1) is 19.4. The number of aryl methyl sites for hydroxylation is 1. The third-order valence-corrected chi connectivity index (χ3v) is 8.05. The molecule has 1 saturated carbocycles. The van der Waals surface area contributed by atoms with Gasteiger partial charge in [0.05, 0.1) is 21.9 Å². The molecule has 0 bridgehead atoms. The van der Waals surface area contributed by atoms with Gasteiger partial charge in [-0.2, -0.15) is 0 Å². The van der Waals surface area contributed by atoms with E-state index in [9.17, 15) is 14.9 Å². The van der Waals surface area contributed by atoms with E-state index in [1.807, 2.05) is 97.3 Å². The summed E-state index contributed by atoms with van der Waals surface area (Å²) in [7, 11) is 0. The number of hydrogen-bond donors (Lipinski definition) is 1. The number of nitro benzene ring substituents is 1. The SMILES string of the molecule is Cc1cc(/C=C2/C(=O)N(c3ccccc3)c3ccccc32)c(C)n1-c1ccc(NC2CCCCC2)c([N+](=O)[O-])c1. The minimum atomic E-state index is -0.308. The topological polar surface area (TPSA) is 80.4 Å². The molecular weight excluding hydrogens is 500 g/mol. The van der Waals surface area contributed by atoms with E-state index in [0.29, 0.717) is 11.3 Å². The number of rotatable bonds is 6. The van der Waals surface area contributed by atoms with E-state index in [1.165, 1.54) is 6.42 Å². The number of carbonyl (C=O) groups is 1. The molecule has 1 fully saturated rings. The van der Waals surface area contributed by atoms with Crippen LogP contribution in [0.5, 0.6) is 0 Å². The fourth-order valence-corrected chi connectivity index (χ4v) is 6.10. The van der Waals surface area contributed by atoms with Gasteiger partial charge < -0.3 is 9.88 Å². The number of nitrogens with zero attached hydrogens (tertiary/aromatic N) is 3. The van der Waals surface area contributed by atoms with Crippen LogP contribution >= 0.6 is 0 Å². The highest BCUT2D eigenvalue weighted by atomic mass is 16.6. The predicted octanol–water partition coefficient (Wildman–Crippen LogP) is 7.97. The van der Waals surface area contributed by atoms with Gasteiger partial charge in [0.1, 0.15) is 5.69 Å². The van der Waals surface area contributed by atoms with Crippen molar-refractivity contribution in [1.29, 1.82) is 0 Å². The standard InChI is InChI=1S/C33H32N4O3/c1-22-19-24(20-29-28-15-9-10-16-31(28)36(33(29)38)26-13-7-4-8-14-26)23(2)35(22)27-17-18-30(32(21-27)37(39)40)34-25-11-5-3-6-12-25/h4,7-10,13-21,25,34H,3,5-6,11-12H2,1-2H3/b29-20+. The Kier molecular flexibility index (Phi) is 6.72. The van der Waals surface area contributed by atoms with Crippen LogP contribution in [0.2, 0.25) is 0 Å². The molecule has 0 spiro atoms. The highest BCUT2D eigenvalue weighted by Gasteiger charge is 2.33. The maximum atomic E-state index is 13.7. The van der Waals surface area contributed by atoms with Crippen LogP contribution in [0.15, 0.2) is 78.9 Å². The molecule has 4 aromatic rings. The molecule has 0 unspecified atom stereocenters. The fourth-order valence-electron chi connectivity index (χ4n) is 6.10. The molecule has 1 N–H and O–H groups in total. The van der Waals surface area contributed by atoms with Gasteiger partial charge in [-0.25, -0.2) is 0 Å². The molecule has 0 atom stereocenters. The summed E-state index contributed by atoms with van der Waals surface area (Å²) in [6.07, 6.45) is 7.55. The molecule has 1 aromatic heterocycles. The molecule has 6 rings (SSSR count). The van der Waals surface area contributed by atoms with Crippen LogP contribution in [0, 0.1) is 24.0 Å². The molecule has 1 aliphatic carbocycles. The summed E-state index contributed by atoms with van der Waals surface area (Å²) < 4.78 is 2.02. The van der Waals surface area contributed by atoms with Crippen molar-refractivity contribution in [3.05, 3.63) is 111 Å². The Hall–Kier alpha value is -4.65. The summed E-state index contributed by atoms with van der Waals surface area (Å²) in [5, 5.41) is 15.5. The predicted molar refractivity (Wildman–Crippen MR) is 160 cm³/mol. The number of para-hydroxylation sites is 2. The van der Waals surface area contributed by atoms with E-state index in [0.717, 1.165) is 65.3 Å². The van der Waals surface area contributed by atoms with Crippen molar-refractivity contribution in [2.24, 2.45) is 0 Å². The van der Waals surface area contributed by atoms with Gasteiger partial charge in [-0.05, 0) is 74.7 Å². The first-order valence-corrected chi connectivity index (χ1v) is 13.9. The molecule has 0 radical (unpaired) electrons. The van der Waals surface area contributed by atoms with Crippen molar-refractivity contribution >= 4 is 40.3 Å². The first-order valence-electron chi connectivity index (χ1n) is 13.9. The van der Waals surface area contributed by atoms with Gasteiger partial charge in [0.2, 0.25) is 0 Å². The lowest BCUT2D eigenvalue weighted by atomic mass is 9.95. The summed E-state index contributed by atoms with van der Waals surface area (Å²) >= 11 is 0. The van der Waals surface area contributed by atoms with Crippen LogP contribution in [-0.2, 0) is 4.79 Å². The second-order valence-electron chi connectivity index (χ2n) is 10.7. The Labute approximate surface area is 233 Å². The summed E-state index contributed by atoms with van der Waals surface area (Å²) in [4.78, 5) is 27.2. The number of amides is 1. The van der Waals surface area contributed by atoms with Crippen molar-refractivity contribution in [1.82, 2.24) is 4.57 Å². The van der Waals surface area contributed by atoms with Crippen molar-refractivity contribution in [3.8, 4) is 5.69 Å². The lowest BCUT2D eigenvalue weighted by Crippen LogP contribution is -2.22. The molecule has 7 nitrogen and oxygen atoms in total. The lowest BCUT2D eigenvalue weighted by Gasteiger charge is -2.24. The summed E-state index contributed by atoms with van der Waals surface area (Å²) in [6.45, 7) is 3.97. The van der Waals surface area contributed by atoms with E-state index in [1.54, 1.807) is 11.0 Å². The normalized spacial score (nSPS) is 16.4. The largest absolute Gasteiger partial charge is 0.377 e. The number of hydrogen-bond acceptors (Lipinski definition) is 4. The quantitative estimate of drug-likeness (QED) is 0.155. The lowest BCUT2D eigenvalue weighted by molar-refractivity contribution is -0.384. The summed E-state index contributed by atoms with van der Waals surface area (Å²) in [6, 6.07) is 25.2. The smallest absolute Gasteiger partial charge is 0.294 e. The van der Waals surface area contributed by atoms with Crippen LogP contribution in [0.4, 0.5) is 22.7 Å². The minimum Gasteiger partial charge on any atom is -0.377 e. The van der Waals surface area contributed by atoms with E-state index >= 15 is 0 Å². The van der Waals surface area contributed by atoms with Crippen LogP contribution < -0.4 is 10.2 Å². The monoisotopic (exact) mass is 532 g/mol. The molecule has 2 heterocycles. The Balaban J connectivity index is 1.37. The van der Waals surface area contributed by atoms with Gasteiger partial charge in [0.15, 0.2) is 0 Å². The van der Waals surface area contributed by atoms with Gasteiger partial charge >= 0.3 is 0 Å². The molecular formula is C33H32N4O3. The van der Waals surface area contributed by atoms with E-state index in [2.05, 4.69) is 5.32 Å². The van der Waals surface area contributed by atoms with Gasteiger partial charge in [-0.1, -0.05) is 55.7 Å². The van der Waals surface area contributed by atoms with Gasteiger partial charge in [0, 0.05) is 34.7 Å². The van der Waals surface area contributed by atoms with Crippen LogP contribution in [0.25, 0.3) is 17.3 Å². The number of aromatic nitrogens is 1. The van der Waals surface area contributed by atoms with Gasteiger partial charge in [0.25, 0.3) is 11.6 Å². The Bertz CT molecular complexity index is 1630. The molecule has 0 saturated heterocycles. The molecule has 1 aliphatic heterocycles. The number of nitrogens with one attached hydrogen (secondary N) is 1. The third-order valence-electron chi connectivity index (χ3n) is 8.05. The van der Waals surface area contributed by atoms with E-state index < -0.39 is 0 Å². The Morgan fingerprint density at radius 1 is 0.900 bits per heavy atom. The van der Waals surface area contributed by atoms with Crippen molar-refractivity contribution in [2.45, 2.75) is 52.0 Å². The van der Waals surface area contributed by atoms with Crippen molar-refractivity contribution in [3.63, 3.8) is 0 Å². The molecule has 202 valence electrons. The Morgan fingerprint density at radius 2 is 1.62 bits per heavy atom. The molecule has 3 aromatic carbocycles. The van der Waals surface area contributed by atoms with Crippen LogP contribution in [0.3, 0.4) is 0 Å². The number of anilines is 3. The fraction of sp³-hybridized carbons (Fsp3) is 0.242. The Morgan fingerprint density at radius 3 is 2.38 bits per heavy atom. The average molecular weight is 533 g/mol. The maximum Gasteiger partial charge on any atom is 0.294 e. The third kappa shape index (κ3) is 4.57. The minimum absolute atomic E-state index is 0.0777. The number of benzene rings is 3. The first kappa shape index (κ1) is 25.6. The second-order valence-corrected chi connectivity index (χ2v) is 10.7. The second kappa shape index (κ2) is 10.5. The van der Waals surface area contributed by atoms with Gasteiger partial charge in [-0.3, -0.25) is 19.8 Å². The van der Waals surface area contributed by atoms with Crippen molar-refractivity contribution in [2.75, 3.05) is 10.2 Å². The van der Waals surface area contributed by atoms with E-state index in [-0.39, 0.29) is 22.6 Å². The number of nitro groups is 1. The number of fused-ring (bicyclic) bond motifs is 1. The zero-order chi connectivity index (χ0) is 27.8. The summed E-state index contributed by atoms with van der Waals surface area (Å²) in [5.41, 5.74) is 7.31. The summed E-state index contributed by atoms with van der Waals surface area (Å²) in [5.74, 6) is -0.0778. The zero-order valence-corrected chi connectivity index (χ0v) is 22.8. The van der Waals surface area contributed by atoms with Gasteiger partial charge in [-0.15, -0.1) is 0 Å². The molecule has 7 heteroatoms. The highest BCUT2D eigenvalue weighted by molar-refractivity contribution is 6.38. The zero-order valence-electron chi connectivity index (χ0n) is 22.8. The molecule has 2 aliphatic rings. The highest BCUT2D eigenvalue weighted by Crippen LogP contribution is 2.42. The number of carbonyl (C=O) groups excluding carboxylic acids is 1. The molecule has 1 amide bonds. The average Bonchev–Trinajstić information content (AvgIpc) is 3.41. The van der Waals surface area contributed by atoms with Crippen LogP contribution in [0.1, 0.15) is 54.6 Å². The molecule has 40 heavy (non-hydrogen) atoms. The van der Waals surface area contributed by atoms with E-state index in [4.69, 9.17) is 0 Å².